The average Bonchev–Trinajstić information content (AvgIpc) is 3.05. The maximum Gasteiger partial charge on any atom is 0.433 e. The Bertz CT molecular complexity index is 810. The van der Waals surface area contributed by atoms with Crippen molar-refractivity contribution in [1.82, 2.24) is 10.2 Å². The maximum atomic E-state index is 10.7. The van der Waals surface area contributed by atoms with Crippen LogP contribution in [0.15, 0.2) is 28.0 Å². The number of H-pyrrole nitrogens is 1. The van der Waals surface area contributed by atoms with Gasteiger partial charge in [0.05, 0.1) is 17.5 Å². The molecule has 1 atom stereocenters. The van der Waals surface area contributed by atoms with E-state index in [9.17, 15) is 15.4 Å². The number of rotatable bonds is 2. The molecule has 9 nitrogen and oxygen atoms in total. The summed E-state index contributed by atoms with van der Waals surface area (Å²) in [6.07, 6.45) is 0. The lowest BCUT2D eigenvalue weighted by Crippen LogP contribution is -2.20. The molecule has 0 spiro atoms. The Morgan fingerprint density at radius 2 is 2.33 bits per heavy atom. The molecule has 2 aromatic heterocycles. The number of nitriles is 1. The Kier molecular flexibility index (Phi) is 2.66. The average molecular weight is 287 g/mol. The molecular formula is C12H9N5O4. The SMILES string of the molecule is Cc1[nH]nc2c1C(c1ccc([N+](=O)[O-])o1)C(C#N)=C(N)O2. The molecular weight excluding hydrogens is 278 g/mol. The predicted molar refractivity (Wildman–Crippen MR) is 68.0 cm³/mol. The van der Waals surface area contributed by atoms with Crippen molar-refractivity contribution in [2.24, 2.45) is 5.73 Å². The second kappa shape index (κ2) is 4.38. The van der Waals surface area contributed by atoms with Gasteiger partial charge in [0, 0.05) is 5.69 Å². The van der Waals surface area contributed by atoms with Crippen LogP contribution in [0.2, 0.25) is 0 Å². The number of hydrogen-bond acceptors (Lipinski definition) is 7. The largest absolute Gasteiger partial charge is 0.433 e. The van der Waals surface area contributed by atoms with E-state index in [1.165, 1.54) is 12.1 Å². The standard InChI is InChI=1S/C12H9N5O4/c1-5-9-10(7-2-3-8(20-7)17(18)19)6(4-13)11(14)21-12(9)16-15-5/h2-3,10H,14H2,1H3,(H,15,16). The van der Waals surface area contributed by atoms with Gasteiger partial charge in [0.1, 0.15) is 22.3 Å². The van der Waals surface area contributed by atoms with Crippen LogP contribution in [-0.4, -0.2) is 15.1 Å². The minimum atomic E-state index is -0.689. The van der Waals surface area contributed by atoms with E-state index >= 15 is 0 Å². The molecule has 0 aliphatic carbocycles. The monoisotopic (exact) mass is 287 g/mol. The Balaban J connectivity index is 2.19. The fourth-order valence-corrected chi connectivity index (χ4v) is 2.28. The summed E-state index contributed by atoms with van der Waals surface area (Å²) in [5.74, 6) is -0.731. The fourth-order valence-electron chi connectivity index (χ4n) is 2.28. The van der Waals surface area contributed by atoms with Gasteiger partial charge in [-0.15, -0.1) is 5.10 Å². The number of nitrogens with zero attached hydrogens (tertiary/aromatic N) is 3. The van der Waals surface area contributed by atoms with Crippen molar-refractivity contribution in [2.45, 2.75) is 12.8 Å². The van der Waals surface area contributed by atoms with Gasteiger partial charge in [0.15, 0.2) is 0 Å². The third kappa shape index (κ3) is 1.81. The van der Waals surface area contributed by atoms with Gasteiger partial charge in [-0.05, 0) is 13.0 Å². The van der Waals surface area contributed by atoms with Gasteiger partial charge in [-0.2, -0.15) is 5.26 Å². The van der Waals surface area contributed by atoms with Gasteiger partial charge in [-0.1, -0.05) is 0 Å². The minimum absolute atomic E-state index is 0.0967. The van der Waals surface area contributed by atoms with Crippen molar-refractivity contribution in [2.75, 3.05) is 0 Å². The van der Waals surface area contributed by atoms with Gasteiger partial charge in [-0.3, -0.25) is 15.2 Å². The third-order valence-corrected chi connectivity index (χ3v) is 3.21. The third-order valence-electron chi connectivity index (χ3n) is 3.21. The minimum Gasteiger partial charge on any atom is -0.420 e. The molecule has 0 radical (unpaired) electrons. The quantitative estimate of drug-likeness (QED) is 0.627. The highest BCUT2D eigenvalue weighted by atomic mass is 16.6. The van der Waals surface area contributed by atoms with E-state index in [-0.39, 0.29) is 23.1 Å². The molecule has 0 amide bonds. The van der Waals surface area contributed by atoms with E-state index in [0.29, 0.717) is 11.3 Å². The molecule has 0 fully saturated rings. The molecule has 21 heavy (non-hydrogen) atoms. The maximum absolute atomic E-state index is 10.7. The van der Waals surface area contributed by atoms with Crippen molar-refractivity contribution in [3.05, 3.63) is 50.7 Å². The number of nitrogens with one attached hydrogen (secondary N) is 1. The van der Waals surface area contributed by atoms with E-state index in [4.69, 9.17) is 14.9 Å². The van der Waals surface area contributed by atoms with Crippen LogP contribution in [0.25, 0.3) is 0 Å². The van der Waals surface area contributed by atoms with Crippen molar-refractivity contribution in [3.63, 3.8) is 0 Å². The number of allylic oxidation sites excluding steroid dienone is 1. The van der Waals surface area contributed by atoms with Crippen LogP contribution in [0.5, 0.6) is 5.88 Å². The van der Waals surface area contributed by atoms with E-state index in [1.54, 1.807) is 6.92 Å². The lowest BCUT2D eigenvalue weighted by Gasteiger charge is -2.21. The first-order valence-electron chi connectivity index (χ1n) is 5.89. The molecule has 0 bridgehead atoms. The van der Waals surface area contributed by atoms with Crippen LogP contribution in [0, 0.1) is 28.4 Å². The zero-order valence-electron chi connectivity index (χ0n) is 10.8. The summed E-state index contributed by atoms with van der Waals surface area (Å²) >= 11 is 0. The number of aryl methyl sites for hydroxylation is 1. The number of nitro groups is 1. The summed E-state index contributed by atoms with van der Waals surface area (Å²) in [7, 11) is 0. The number of aromatic amines is 1. The molecule has 0 saturated heterocycles. The molecule has 1 aliphatic heterocycles. The highest BCUT2D eigenvalue weighted by molar-refractivity contribution is 5.53. The Morgan fingerprint density at radius 3 is 2.95 bits per heavy atom. The zero-order valence-corrected chi connectivity index (χ0v) is 10.8. The first kappa shape index (κ1) is 12.7. The molecule has 0 saturated carbocycles. The summed E-state index contributed by atoms with van der Waals surface area (Å²) in [5, 5.41) is 26.7. The molecule has 0 aromatic carbocycles. The molecule has 3 N–H and O–H groups in total. The molecule has 2 aromatic rings. The molecule has 1 unspecified atom stereocenters. The van der Waals surface area contributed by atoms with Gasteiger partial charge < -0.3 is 14.9 Å². The Hall–Kier alpha value is -3.28. The van der Waals surface area contributed by atoms with Crippen LogP contribution in [0.1, 0.15) is 22.9 Å². The fraction of sp³-hybridized carbons (Fsp3) is 0.167. The molecule has 1 aliphatic rings. The number of ether oxygens (including phenoxy) is 1. The zero-order chi connectivity index (χ0) is 15.1. The lowest BCUT2D eigenvalue weighted by atomic mass is 9.88. The Morgan fingerprint density at radius 1 is 1.57 bits per heavy atom. The van der Waals surface area contributed by atoms with Crippen molar-refractivity contribution < 1.29 is 14.1 Å². The summed E-state index contributed by atoms with van der Waals surface area (Å²) < 4.78 is 10.5. The van der Waals surface area contributed by atoms with E-state index in [2.05, 4.69) is 10.2 Å². The van der Waals surface area contributed by atoms with Crippen LogP contribution >= 0.6 is 0 Å². The van der Waals surface area contributed by atoms with Crippen LogP contribution in [0.3, 0.4) is 0 Å². The highest BCUT2D eigenvalue weighted by Crippen LogP contribution is 2.43. The van der Waals surface area contributed by atoms with E-state index < -0.39 is 16.7 Å². The first-order valence-corrected chi connectivity index (χ1v) is 5.89. The van der Waals surface area contributed by atoms with E-state index in [1.807, 2.05) is 6.07 Å². The van der Waals surface area contributed by atoms with Crippen LogP contribution in [-0.2, 0) is 0 Å². The van der Waals surface area contributed by atoms with Crippen molar-refractivity contribution >= 4 is 5.88 Å². The highest BCUT2D eigenvalue weighted by Gasteiger charge is 2.36. The Labute approximate surface area is 117 Å². The van der Waals surface area contributed by atoms with Crippen molar-refractivity contribution in [1.29, 1.82) is 5.26 Å². The molecule has 3 heterocycles. The van der Waals surface area contributed by atoms with Gasteiger partial charge in [0.2, 0.25) is 11.8 Å². The topological polar surface area (TPSA) is 144 Å². The summed E-state index contributed by atoms with van der Waals surface area (Å²) in [6.45, 7) is 1.75. The van der Waals surface area contributed by atoms with Gasteiger partial charge in [0.25, 0.3) is 0 Å². The van der Waals surface area contributed by atoms with Crippen LogP contribution < -0.4 is 10.5 Å². The number of fused-ring (bicyclic) bond motifs is 1. The predicted octanol–water partition coefficient (Wildman–Crippen LogP) is 1.44. The summed E-state index contributed by atoms with van der Waals surface area (Å²) in [5.41, 5.74) is 7.07. The van der Waals surface area contributed by atoms with Gasteiger partial charge >= 0.3 is 5.88 Å². The lowest BCUT2D eigenvalue weighted by molar-refractivity contribution is -0.402. The first-order chi connectivity index (χ1) is 10.0. The number of furan rings is 1. The normalized spacial score (nSPS) is 17.0. The molecule has 106 valence electrons. The second-order valence-corrected chi connectivity index (χ2v) is 4.43. The van der Waals surface area contributed by atoms with Crippen molar-refractivity contribution in [3.8, 4) is 11.9 Å². The molecule has 3 rings (SSSR count). The second-order valence-electron chi connectivity index (χ2n) is 4.43. The smallest absolute Gasteiger partial charge is 0.420 e. The number of aromatic nitrogens is 2. The van der Waals surface area contributed by atoms with E-state index in [0.717, 1.165) is 0 Å². The number of nitrogens with two attached hydrogens (primary N) is 1. The van der Waals surface area contributed by atoms with Crippen LogP contribution in [0.4, 0.5) is 5.88 Å². The summed E-state index contributed by atoms with van der Waals surface area (Å²) in [6, 6.07) is 4.62. The van der Waals surface area contributed by atoms with Gasteiger partial charge in [-0.25, -0.2) is 0 Å². The molecule has 9 heteroatoms. The summed E-state index contributed by atoms with van der Waals surface area (Å²) in [4.78, 5) is 10.1. The number of hydrogen-bond donors (Lipinski definition) is 2.